The number of ether oxygens (including phenoxy) is 1. The second kappa shape index (κ2) is 5.87. The van der Waals surface area contributed by atoms with E-state index in [1.54, 1.807) is 0 Å². The summed E-state index contributed by atoms with van der Waals surface area (Å²) in [6.45, 7) is 9.42. The van der Waals surface area contributed by atoms with Crippen LogP contribution in [-0.2, 0) is 4.74 Å². The Kier molecular flexibility index (Phi) is 6.02. The second-order valence-corrected chi connectivity index (χ2v) is 4.63. The van der Waals surface area contributed by atoms with Crippen LogP contribution in [0.25, 0.3) is 0 Å². The first-order valence-electron chi connectivity index (χ1n) is 4.88. The summed E-state index contributed by atoms with van der Waals surface area (Å²) in [4.78, 5) is -0.229. The topological polar surface area (TPSA) is 9.23 Å². The molecule has 0 aromatic carbocycles. The Balaban J connectivity index is 3.42. The van der Waals surface area contributed by atoms with Crippen LogP contribution in [-0.4, -0.2) is 11.5 Å². The lowest BCUT2D eigenvalue weighted by molar-refractivity contribution is 0.0308. The van der Waals surface area contributed by atoms with Crippen molar-refractivity contribution in [1.29, 1.82) is 0 Å². The van der Waals surface area contributed by atoms with Crippen LogP contribution in [0.4, 0.5) is 0 Å². The molecule has 0 saturated heterocycles. The average molecular weight is 190 g/mol. The predicted octanol–water partition coefficient (Wildman–Crippen LogP) is 3.50. The minimum Gasteiger partial charge on any atom is -0.365 e. The predicted molar refractivity (Wildman–Crippen MR) is 57.7 cm³/mol. The molecule has 0 radical (unpaired) electrons. The van der Waals surface area contributed by atoms with E-state index in [2.05, 4.69) is 33.4 Å². The summed E-state index contributed by atoms with van der Waals surface area (Å²) < 4.78 is 5.62. The molecule has 0 N–H and O–H groups in total. The minimum atomic E-state index is -0.229. The quantitative estimate of drug-likeness (QED) is 0.498. The first-order chi connectivity index (χ1) is 5.52. The first-order valence-corrected chi connectivity index (χ1v) is 5.33. The van der Waals surface area contributed by atoms with Gasteiger partial charge >= 0.3 is 0 Å². The Morgan fingerprint density at radius 2 is 2.00 bits per heavy atom. The van der Waals surface area contributed by atoms with E-state index in [4.69, 9.17) is 4.74 Å². The van der Waals surface area contributed by atoms with E-state index < -0.39 is 0 Å². The van der Waals surface area contributed by atoms with Gasteiger partial charge < -0.3 is 4.74 Å². The molecule has 0 amide bonds. The fourth-order valence-electron chi connectivity index (χ4n) is 0.786. The standard InChI is InChI=1S/C10H22OS/c1-5-9(3)7-8-11-10(4,12)6-2/h9,12H,5-8H2,1-4H3/t9-,10+/m1/s1. The molecule has 0 bridgehead atoms. The molecule has 0 rings (SSSR count). The van der Waals surface area contributed by atoms with Crippen molar-refractivity contribution in [2.45, 2.75) is 51.9 Å². The molecule has 0 unspecified atom stereocenters. The van der Waals surface area contributed by atoms with Gasteiger partial charge in [-0.1, -0.05) is 27.2 Å². The average Bonchev–Trinajstić information content (AvgIpc) is 2.04. The van der Waals surface area contributed by atoms with Crippen molar-refractivity contribution in [3.63, 3.8) is 0 Å². The molecular weight excluding hydrogens is 168 g/mol. The lowest BCUT2D eigenvalue weighted by Gasteiger charge is -2.23. The molecule has 12 heavy (non-hydrogen) atoms. The molecular formula is C10H22OS. The van der Waals surface area contributed by atoms with Crippen molar-refractivity contribution in [3.05, 3.63) is 0 Å². The second-order valence-electron chi connectivity index (χ2n) is 3.68. The highest BCUT2D eigenvalue weighted by Crippen LogP contribution is 2.20. The largest absolute Gasteiger partial charge is 0.365 e. The molecule has 0 aromatic rings. The Morgan fingerprint density at radius 3 is 2.42 bits per heavy atom. The van der Waals surface area contributed by atoms with E-state index in [1.807, 2.05) is 6.92 Å². The highest BCUT2D eigenvalue weighted by molar-refractivity contribution is 7.81. The van der Waals surface area contributed by atoms with E-state index in [1.165, 1.54) is 6.42 Å². The van der Waals surface area contributed by atoms with Gasteiger partial charge in [0.1, 0.15) is 4.93 Å². The molecule has 0 aliphatic carbocycles. The normalized spacial score (nSPS) is 18.8. The first kappa shape index (κ1) is 12.3. The lowest BCUT2D eigenvalue weighted by atomic mass is 10.1. The van der Waals surface area contributed by atoms with Gasteiger partial charge in [-0.15, -0.1) is 12.6 Å². The molecule has 1 nitrogen and oxygen atoms in total. The molecule has 0 saturated carbocycles. The zero-order valence-electron chi connectivity index (χ0n) is 8.76. The lowest BCUT2D eigenvalue weighted by Crippen LogP contribution is -2.21. The van der Waals surface area contributed by atoms with Gasteiger partial charge in [0, 0.05) is 6.61 Å². The molecule has 0 heterocycles. The van der Waals surface area contributed by atoms with Crippen LogP contribution in [0.15, 0.2) is 0 Å². The summed E-state index contributed by atoms with van der Waals surface area (Å²) in [5.74, 6) is 0.769. The Bertz CT molecular complexity index is 112. The summed E-state index contributed by atoms with van der Waals surface area (Å²) in [6, 6.07) is 0. The van der Waals surface area contributed by atoms with E-state index in [0.717, 1.165) is 25.4 Å². The van der Waals surface area contributed by atoms with Gasteiger partial charge in [-0.25, -0.2) is 0 Å². The van der Waals surface area contributed by atoms with Crippen LogP contribution >= 0.6 is 12.6 Å². The van der Waals surface area contributed by atoms with Crippen molar-refractivity contribution in [2.75, 3.05) is 6.61 Å². The van der Waals surface area contributed by atoms with Crippen LogP contribution in [0, 0.1) is 5.92 Å². The van der Waals surface area contributed by atoms with Gasteiger partial charge in [0.2, 0.25) is 0 Å². The number of hydrogen-bond donors (Lipinski definition) is 1. The van der Waals surface area contributed by atoms with Gasteiger partial charge in [-0.3, -0.25) is 0 Å². The third-order valence-electron chi connectivity index (χ3n) is 2.38. The highest BCUT2D eigenvalue weighted by atomic mass is 32.1. The smallest absolute Gasteiger partial charge is 0.107 e. The van der Waals surface area contributed by atoms with Crippen LogP contribution in [0.2, 0.25) is 0 Å². The molecule has 74 valence electrons. The Morgan fingerprint density at radius 1 is 1.42 bits per heavy atom. The van der Waals surface area contributed by atoms with E-state index >= 15 is 0 Å². The van der Waals surface area contributed by atoms with Crippen molar-refractivity contribution < 1.29 is 4.74 Å². The van der Waals surface area contributed by atoms with Gasteiger partial charge in [-0.05, 0) is 25.7 Å². The molecule has 2 atom stereocenters. The number of thiol groups is 1. The zero-order chi connectivity index (χ0) is 9.61. The maximum absolute atomic E-state index is 5.62. The fraction of sp³-hybridized carbons (Fsp3) is 1.00. The summed E-state index contributed by atoms with van der Waals surface area (Å²) in [6.07, 6.45) is 3.34. The van der Waals surface area contributed by atoms with Crippen LogP contribution < -0.4 is 0 Å². The third kappa shape index (κ3) is 5.90. The SMILES string of the molecule is CC[C@@H](C)CCO[C@@](C)(S)CC. The minimum absolute atomic E-state index is 0.229. The Labute approximate surface area is 82.3 Å². The van der Waals surface area contributed by atoms with E-state index in [0.29, 0.717) is 0 Å². The molecule has 0 aliphatic heterocycles. The summed E-state index contributed by atoms with van der Waals surface area (Å²) >= 11 is 4.40. The maximum Gasteiger partial charge on any atom is 0.107 e. The van der Waals surface area contributed by atoms with Gasteiger partial charge in [0.25, 0.3) is 0 Å². The fourth-order valence-corrected chi connectivity index (χ4v) is 0.877. The van der Waals surface area contributed by atoms with Crippen LogP contribution in [0.3, 0.4) is 0 Å². The van der Waals surface area contributed by atoms with Gasteiger partial charge in [0.05, 0.1) is 0 Å². The summed E-state index contributed by atoms with van der Waals surface area (Å²) in [7, 11) is 0. The van der Waals surface area contributed by atoms with Gasteiger partial charge in [0.15, 0.2) is 0 Å². The number of hydrogen-bond acceptors (Lipinski definition) is 2. The molecule has 2 heteroatoms. The monoisotopic (exact) mass is 190 g/mol. The van der Waals surface area contributed by atoms with Crippen molar-refractivity contribution in [3.8, 4) is 0 Å². The zero-order valence-corrected chi connectivity index (χ0v) is 9.66. The number of rotatable bonds is 6. The molecule has 0 aromatic heterocycles. The maximum atomic E-state index is 5.62. The van der Waals surface area contributed by atoms with E-state index in [9.17, 15) is 0 Å². The highest BCUT2D eigenvalue weighted by Gasteiger charge is 2.16. The van der Waals surface area contributed by atoms with Gasteiger partial charge in [-0.2, -0.15) is 0 Å². The Hall–Kier alpha value is 0.310. The molecule has 0 spiro atoms. The van der Waals surface area contributed by atoms with E-state index in [-0.39, 0.29) is 4.93 Å². The van der Waals surface area contributed by atoms with Crippen molar-refractivity contribution in [1.82, 2.24) is 0 Å². The third-order valence-corrected chi connectivity index (χ3v) is 2.82. The summed E-state index contributed by atoms with van der Waals surface area (Å²) in [5, 5.41) is 0. The van der Waals surface area contributed by atoms with Crippen molar-refractivity contribution >= 4 is 12.6 Å². The van der Waals surface area contributed by atoms with Crippen LogP contribution in [0.5, 0.6) is 0 Å². The molecule has 0 fully saturated rings. The summed E-state index contributed by atoms with van der Waals surface area (Å²) in [5.41, 5.74) is 0. The van der Waals surface area contributed by atoms with Crippen LogP contribution in [0.1, 0.15) is 47.0 Å². The molecule has 0 aliphatic rings. The van der Waals surface area contributed by atoms with Crippen molar-refractivity contribution in [2.24, 2.45) is 5.92 Å².